The van der Waals surface area contributed by atoms with Gasteiger partial charge in [0.2, 0.25) is 0 Å². The average molecular weight is 260 g/mol. The number of benzene rings is 1. The maximum Gasteiger partial charge on any atom is 0.0787 e. The summed E-state index contributed by atoms with van der Waals surface area (Å²) in [6.07, 6.45) is 3.17. The first kappa shape index (κ1) is 12.9. The van der Waals surface area contributed by atoms with Crippen LogP contribution in [0.3, 0.4) is 0 Å². The molecule has 1 N–H and O–H groups in total. The van der Waals surface area contributed by atoms with Crippen molar-refractivity contribution in [3.63, 3.8) is 0 Å². The maximum atomic E-state index is 9.83. The van der Waals surface area contributed by atoms with Gasteiger partial charge in [-0.3, -0.25) is 4.90 Å². The van der Waals surface area contributed by atoms with Crippen LogP contribution in [0.4, 0.5) is 5.69 Å². The number of aliphatic hydroxyl groups is 1. The SMILES string of the molecule is CC[C@H](O)c1ccc(N2CCN3CCCC3C2)cc1. The van der Waals surface area contributed by atoms with Gasteiger partial charge in [0.05, 0.1) is 6.10 Å². The Hall–Kier alpha value is -1.06. The van der Waals surface area contributed by atoms with E-state index in [1.807, 2.05) is 6.92 Å². The molecule has 0 aliphatic carbocycles. The van der Waals surface area contributed by atoms with E-state index < -0.39 is 0 Å². The number of hydrogen-bond acceptors (Lipinski definition) is 3. The second kappa shape index (κ2) is 5.51. The number of anilines is 1. The minimum atomic E-state index is -0.319. The lowest BCUT2D eigenvalue weighted by Crippen LogP contribution is -2.50. The van der Waals surface area contributed by atoms with E-state index in [1.54, 1.807) is 0 Å². The Kier molecular flexibility index (Phi) is 3.76. The van der Waals surface area contributed by atoms with Crippen LogP contribution in [0.5, 0.6) is 0 Å². The van der Waals surface area contributed by atoms with Crippen molar-refractivity contribution >= 4 is 5.69 Å². The quantitative estimate of drug-likeness (QED) is 0.904. The normalized spacial score (nSPS) is 25.4. The van der Waals surface area contributed by atoms with Gasteiger partial charge >= 0.3 is 0 Å². The predicted octanol–water partition coefficient (Wildman–Crippen LogP) is 2.41. The van der Waals surface area contributed by atoms with E-state index in [1.165, 1.54) is 31.6 Å². The van der Waals surface area contributed by atoms with Gasteiger partial charge in [-0.05, 0) is 43.5 Å². The molecule has 2 aliphatic heterocycles. The average Bonchev–Trinajstić information content (AvgIpc) is 2.94. The molecular formula is C16H24N2O. The molecule has 0 amide bonds. The van der Waals surface area contributed by atoms with E-state index in [2.05, 4.69) is 34.1 Å². The van der Waals surface area contributed by atoms with Crippen LogP contribution in [0, 0.1) is 0 Å². The van der Waals surface area contributed by atoms with Gasteiger partial charge in [0.25, 0.3) is 0 Å². The first-order valence-corrected chi connectivity index (χ1v) is 7.55. The van der Waals surface area contributed by atoms with E-state index in [4.69, 9.17) is 0 Å². The molecule has 2 heterocycles. The number of fused-ring (bicyclic) bond motifs is 1. The summed E-state index contributed by atoms with van der Waals surface area (Å²) in [6.45, 7) is 6.80. The summed E-state index contributed by atoms with van der Waals surface area (Å²) < 4.78 is 0. The zero-order valence-corrected chi connectivity index (χ0v) is 11.8. The molecule has 3 heteroatoms. The smallest absolute Gasteiger partial charge is 0.0787 e. The Morgan fingerprint density at radius 3 is 2.74 bits per heavy atom. The van der Waals surface area contributed by atoms with Crippen LogP contribution in [-0.2, 0) is 0 Å². The first-order chi connectivity index (χ1) is 9.28. The minimum absolute atomic E-state index is 0.319. The highest BCUT2D eigenvalue weighted by Crippen LogP contribution is 2.26. The molecule has 2 aliphatic rings. The number of rotatable bonds is 3. The Balaban J connectivity index is 1.69. The van der Waals surface area contributed by atoms with Crippen LogP contribution in [0.2, 0.25) is 0 Å². The second-order valence-corrected chi connectivity index (χ2v) is 5.79. The molecule has 3 nitrogen and oxygen atoms in total. The van der Waals surface area contributed by atoms with Gasteiger partial charge in [0, 0.05) is 31.4 Å². The Bertz CT molecular complexity index is 417. The van der Waals surface area contributed by atoms with Gasteiger partial charge in [-0.25, -0.2) is 0 Å². The Labute approximate surface area is 115 Å². The predicted molar refractivity (Wildman–Crippen MR) is 78.5 cm³/mol. The van der Waals surface area contributed by atoms with Crippen molar-refractivity contribution in [2.75, 3.05) is 31.1 Å². The first-order valence-electron chi connectivity index (χ1n) is 7.55. The van der Waals surface area contributed by atoms with Crippen LogP contribution < -0.4 is 4.90 Å². The van der Waals surface area contributed by atoms with Crippen molar-refractivity contribution in [1.82, 2.24) is 4.90 Å². The summed E-state index contributed by atoms with van der Waals surface area (Å²) in [5, 5.41) is 9.83. The highest BCUT2D eigenvalue weighted by Gasteiger charge is 2.30. The summed E-state index contributed by atoms with van der Waals surface area (Å²) in [5.41, 5.74) is 2.34. The Morgan fingerprint density at radius 2 is 2.00 bits per heavy atom. The number of piperazine rings is 1. The van der Waals surface area contributed by atoms with Gasteiger partial charge < -0.3 is 10.0 Å². The number of aliphatic hydroxyl groups excluding tert-OH is 1. The van der Waals surface area contributed by atoms with E-state index in [9.17, 15) is 5.11 Å². The molecule has 19 heavy (non-hydrogen) atoms. The highest BCUT2D eigenvalue weighted by molar-refractivity contribution is 5.48. The molecule has 1 unspecified atom stereocenters. The van der Waals surface area contributed by atoms with Crippen molar-refractivity contribution in [1.29, 1.82) is 0 Å². The molecule has 0 spiro atoms. The minimum Gasteiger partial charge on any atom is -0.388 e. The molecule has 2 saturated heterocycles. The standard InChI is InChI=1S/C16H24N2O/c1-2-16(19)13-5-7-14(8-6-13)18-11-10-17-9-3-4-15(17)12-18/h5-8,15-16,19H,2-4,9-12H2,1H3/t15?,16-/m0/s1. The number of nitrogens with zero attached hydrogens (tertiary/aromatic N) is 2. The molecule has 0 aromatic heterocycles. The van der Waals surface area contributed by atoms with Crippen LogP contribution in [0.15, 0.2) is 24.3 Å². The largest absolute Gasteiger partial charge is 0.388 e. The molecule has 3 rings (SSSR count). The molecule has 1 aromatic rings. The van der Waals surface area contributed by atoms with E-state index in [0.29, 0.717) is 0 Å². The van der Waals surface area contributed by atoms with Gasteiger partial charge in [0.15, 0.2) is 0 Å². The highest BCUT2D eigenvalue weighted by atomic mass is 16.3. The fourth-order valence-corrected chi connectivity index (χ4v) is 3.37. The second-order valence-electron chi connectivity index (χ2n) is 5.79. The van der Waals surface area contributed by atoms with Gasteiger partial charge in [-0.15, -0.1) is 0 Å². The fraction of sp³-hybridized carbons (Fsp3) is 0.625. The zero-order chi connectivity index (χ0) is 13.2. The summed E-state index contributed by atoms with van der Waals surface area (Å²) in [6, 6.07) is 9.24. The zero-order valence-electron chi connectivity index (χ0n) is 11.8. The molecule has 0 bridgehead atoms. The van der Waals surface area contributed by atoms with Crippen LogP contribution in [0.1, 0.15) is 37.9 Å². The van der Waals surface area contributed by atoms with Crippen molar-refractivity contribution < 1.29 is 5.11 Å². The summed E-state index contributed by atoms with van der Waals surface area (Å²) in [5.74, 6) is 0. The third-order valence-electron chi connectivity index (χ3n) is 4.62. The molecular weight excluding hydrogens is 236 g/mol. The summed E-state index contributed by atoms with van der Waals surface area (Å²) in [4.78, 5) is 5.13. The van der Waals surface area contributed by atoms with E-state index >= 15 is 0 Å². The van der Waals surface area contributed by atoms with E-state index in [0.717, 1.165) is 31.1 Å². The molecule has 1 aromatic carbocycles. The summed E-state index contributed by atoms with van der Waals surface area (Å²) in [7, 11) is 0. The topological polar surface area (TPSA) is 26.7 Å². The van der Waals surface area contributed by atoms with Crippen molar-refractivity contribution in [3.05, 3.63) is 29.8 Å². The van der Waals surface area contributed by atoms with Gasteiger partial charge in [-0.2, -0.15) is 0 Å². The van der Waals surface area contributed by atoms with Crippen LogP contribution >= 0.6 is 0 Å². The van der Waals surface area contributed by atoms with Gasteiger partial charge in [-0.1, -0.05) is 19.1 Å². The third-order valence-corrected chi connectivity index (χ3v) is 4.62. The maximum absolute atomic E-state index is 9.83. The lowest BCUT2D eigenvalue weighted by atomic mass is 10.1. The Morgan fingerprint density at radius 1 is 1.21 bits per heavy atom. The fourth-order valence-electron chi connectivity index (χ4n) is 3.37. The number of hydrogen-bond donors (Lipinski definition) is 1. The van der Waals surface area contributed by atoms with Crippen molar-refractivity contribution in [2.24, 2.45) is 0 Å². The third kappa shape index (κ3) is 2.63. The molecule has 104 valence electrons. The van der Waals surface area contributed by atoms with E-state index in [-0.39, 0.29) is 6.10 Å². The lowest BCUT2D eigenvalue weighted by molar-refractivity contribution is 0.173. The van der Waals surface area contributed by atoms with Crippen molar-refractivity contribution in [2.45, 2.75) is 38.3 Å². The molecule has 0 saturated carbocycles. The monoisotopic (exact) mass is 260 g/mol. The molecule has 2 fully saturated rings. The van der Waals surface area contributed by atoms with Crippen molar-refractivity contribution in [3.8, 4) is 0 Å². The van der Waals surface area contributed by atoms with Crippen LogP contribution in [0.25, 0.3) is 0 Å². The van der Waals surface area contributed by atoms with Crippen LogP contribution in [-0.4, -0.2) is 42.2 Å². The molecule has 2 atom stereocenters. The molecule has 0 radical (unpaired) electrons. The van der Waals surface area contributed by atoms with Gasteiger partial charge in [0.1, 0.15) is 0 Å². The lowest BCUT2D eigenvalue weighted by Gasteiger charge is -2.38. The summed E-state index contributed by atoms with van der Waals surface area (Å²) >= 11 is 0.